The van der Waals surface area contributed by atoms with E-state index < -0.39 is 11.3 Å². The second-order valence-electron chi connectivity index (χ2n) is 12.9. The number of hydrogen-bond acceptors (Lipinski definition) is 10. The minimum atomic E-state index is -0.584. The van der Waals surface area contributed by atoms with Gasteiger partial charge in [-0.15, -0.1) is 0 Å². The standard InChI is InChI=1S/C46H34N4O7/c1-48-42(28-47)33-24-40(16-8-31-22-29-6-10-36(49(2)3)26-43(29)56-45(31)51)55-41(25-33)17-9-32-23-30-7-11-37(27-44(30)57-46(32)52)50(34-12-18-38(53-4)19-13-34)35-14-20-39(54-5)21-15-35/h6-27H,2-5H3/b16-8+,17-9+,42-33-. The average molecular weight is 755 g/mol. The fourth-order valence-corrected chi connectivity index (χ4v) is 6.13. The molecule has 1 aliphatic rings. The molecule has 0 unspecified atom stereocenters. The Labute approximate surface area is 327 Å². The van der Waals surface area contributed by atoms with Gasteiger partial charge in [0, 0.05) is 59.8 Å². The smallest absolute Gasteiger partial charge is 0.343 e. The number of benzene rings is 4. The summed E-state index contributed by atoms with van der Waals surface area (Å²) in [6, 6.07) is 31.8. The predicted molar refractivity (Wildman–Crippen MR) is 222 cm³/mol. The van der Waals surface area contributed by atoms with E-state index in [4.69, 9.17) is 29.6 Å². The van der Waals surface area contributed by atoms with Crippen molar-refractivity contribution in [3.63, 3.8) is 0 Å². The highest BCUT2D eigenvalue weighted by molar-refractivity contribution is 5.87. The topological polar surface area (TPSA) is 123 Å². The number of rotatable bonds is 10. The Bertz CT molecular complexity index is 2820. The molecule has 0 bridgehead atoms. The van der Waals surface area contributed by atoms with Crippen LogP contribution in [0.5, 0.6) is 11.5 Å². The lowest BCUT2D eigenvalue weighted by atomic mass is 10.1. The molecule has 0 saturated carbocycles. The van der Waals surface area contributed by atoms with Gasteiger partial charge in [0.15, 0.2) is 0 Å². The maximum absolute atomic E-state index is 13.4. The molecule has 0 atom stereocenters. The SMILES string of the molecule is [C-]#[N+]/C(C#N)=C1C=C(/C=C/c2cc3ccc(N(C)C)cc3oc2=O)OC(/C=C/c2cc3ccc(N(c4ccc(OC)cc4)c4ccc(OC)cc4)cc3oc2=O)=C/1. The monoisotopic (exact) mass is 754 g/mol. The second-order valence-corrected chi connectivity index (χ2v) is 12.9. The Morgan fingerprint density at radius 1 is 0.667 bits per heavy atom. The van der Waals surface area contributed by atoms with E-state index in [1.807, 2.05) is 103 Å². The summed E-state index contributed by atoms with van der Waals surface area (Å²) < 4.78 is 28.2. The van der Waals surface area contributed by atoms with Gasteiger partial charge in [-0.2, -0.15) is 0 Å². The largest absolute Gasteiger partial charge is 0.497 e. The van der Waals surface area contributed by atoms with Crippen LogP contribution in [-0.2, 0) is 4.74 Å². The van der Waals surface area contributed by atoms with Crippen LogP contribution in [0.2, 0.25) is 0 Å². The molecule has 57 heavy (non-hydrogen) atoms. The Kier molecular flexibility index (Phi) is 10.6. The molecule has 11 nitrogen and oxygen atoms in total. The lowest BCUT2D eigenvalue weighted by Gasteiger charge is -2.26. The van der Waals surface area contributed by atoms with Crippen LogP contribution in [0.25, 0.3) is 38.9 Å². The van der Waals surface area contributed by atoms with Crippen molar-refractivity contribution in [2.24, 2.45) is 0 Å². The molecule has 1 aliphatic heterocycles. The first-order valence-electron chi connectivity index (χ1n) is 17.6. The van der Waals surface area contributed by atoms with Gasteiger partial charge in [0.1, 0.15) is 34.2 Å². The molecule has 280 valence electrons. The van der Waals surface area contributed by atoms with Gasteiger partial charge in [0.25, 0.3) is 5.70 Å². The lowest BCUT2D eigenvalue weighted by molar-refractivity contribution is 0.332. The van der Waals surface area contributed by atoms with Crippen LogP contribution in [0, 0.1) is 17.9 Å². The Morgan fingerprint density at radius 2 is 1.12 bits per heavy atom. The van der Waals surface area contributed by atoms with Crippen LogP contribution in [0.3, 0.4) is 0 Å². The van der Waals surface area contributed by atoms with Crippen LogP contribution in [0.1, 0.15) is 11.1 Å². The zero-order chi connectivity index (χ0) is 40.1. The van der Waals surface area contributed by atoms with Gasteiger partial charge in [-0.25, -0.2) is 19.7 Å². The van der Waals surface area contributed by atoms with E-state index in [1.165, 1.54) is 12.2 Å². The number of anilines is 4. The molecule has 0 fully saturated rings. The Morgan fingerprint density at radius 3 is 1.56 bits per heavy atom. The first-order valence-corrected chi connectivity index (χ1v) is 17.6. The minimum absolute atomic E-state index is 0.156. The molecule has 0 amide bonds. The number of hydrogen-bond donors (Lipinski definition) is 0. The van der Waals surface area contributed by atoms with E-state index >= 15 is 0 Å². The van der Waals surface area contributed by atoms with Crippen molar-refractivity contribution in [3.8, 4) is 17.6 Å². The maximum atomic E-state index is 13.4. The van der Waals surface area contributed by atoms with Gasteiger partial charge in [-0.05, 0) is 127 Å². The zero-order valence-electron chi connectivity index (χ0n) is 31.3. The summed E-state index contributed by atoms with van der Waals surface area (Å²) in [5, 5.41) is 11.1. The molecule has 2 aromatic heterocycles. The van der Waals surface area contributed by atoms with Crippen LogP contribution in [0.4, 0.5) is 22.7 Å². The molecule has 0 spiro atoms. The van der Waals surface area contributed by atoms with E-state index in [0.717, 1.165) is 39.6 Å². The molecule has 0 N–H and O–H groups in total. The summed E-state index contributed by atoms with van der Waals surface area (Å²) in [6.07, 6.45) is 9.24. The molecule has 6 aromatic rings. The highest BCUT2D eigenvalue weighted by Gasteiger charge is 2.16. The number of allylic oxidation sites excluding steroid dienone is 6. The highest BCUT2D eigenvalue weighted by atomic mass is 16.5. The van der Waals surface area contributed by atoms with Crippen molar-refractivity contribution in [3.05, 3.63) is 188 Å². The van der Waals surface area contributed by atoms with E-state index in [2.05, 4.69) is 4.85 Å². The van der Waals surface area contributed by atoms with Crippen molar-refractivity contribution in [1.29, 1.82) is 5.26 Å². The molecule has 3 heterocycles. The quantitative estimate of drug-likeness (QED) is 0.0759. The van der Waals surface area contributed by atoms with Crippen molar-refractivity contribution < 1.29 is 23.0 Å². The highest BCUT2D eigenvalue weighted by Crippen LogP contribution is 2.37. The number of nitriles is 1. The van der Waals surface area contributed by atoms with Crippen molar-refractivity contribution in [1.82, 2.24) is 0 Å². The van der Waals surface area contributed by atoms with Gasteiger partial charge < -0.3 is 32.8 Å². The number of nitrogens with zero attached hydrogens (tertiary/aromatic N) is 4. The fraction of sp³-hybridized carbons (Fsp3) is 0.0870. The van der Waals surface area contributed by atoms with Crippen LogP contribution in [0.15, 0.2) is 163 Å². The summed E-state index contributed by atoms with van der Waals surface area (Å²) in [7, 11) is 7.02. The second kappa shape index (κ2) is 16.1. The van der Waals surface area contributed by atoms with Crippen molar-refractivity contribution in [2.75, 3.05) is 38.1 Å². The van der Waals surface area contributed by atoms with E-state index in [-0.39, 0.29) is 28.3 Å². The molecule has 11 heteroatoms. The summed E-state index contributed by atoms with van der Waals surface area (Å²) in [6.45, 7) is 7.51. The average Bonchev–Trinajstić information content (AvgIpc) is 3.23. The van der Waals surface area contributed by atoms with Gasteiger partial charge in [0.2, 0.25) is 0 Å². The first-order chi connectivity index (χ1) is 27.7. The molecule has 4 aromatic carbocycles. The van der Waals surface area contributed by atoms with Gasteiger partial charge in [-0.1, -0.05) is 0 Å². The zero-order valence-corrected chi connectivity index (χ0v) is 31.3. The predicted octanol–water partition coefficient (Wildman–Crippen LogP) is 9.67. The molecular weight excluding hydrogens is 721 g/mol. The van der Waals surface area contributed by atoms with Crippen molar-refractivity contribution >= 4 is 56.8 Å². The molecule has 7 rings (SSSR count). The summed E-state index contributed by atoms with van der Waals surface area (Å²) >= 11 is 0. The van der Waals surface area contributed by atoms with E-state index in [0.29, 0.717) is 22.1 Å². The Balaban J connectivity index is 1.18. The molecule has 0 aliphatic carbocycles. The van der Waals surface area contributed by atoms with Gasteiger partial charge >= 0.3 is 11.3 Å². The summed E-state index contributed by atoms with van der Waals surface area (Å²) in [5.41, 5.74) is 3.74. The van der Waals surface area contributed by atoms with Crippen LogP contribution < -0.4 is 30.5 Å². The molecule has 0 saturated heterocycles. The third-order valence-electron chi connectivity index (χ3n) is 9.11. The van der Waals surface area contributed by atoms with Crippen LogP contribution in [-0.4, -0.2) is 28.3 Å². The van der Waals surface area contributed by atoms with Gasteiger partial charge in [-0.3, -0.25) is 0 Å². The fourth-order valence-electron chi connectivity index (χ4n) is 6.13. The lowest BCUT2D eigenvalue weighted by Crippen LogP contribution is -2.10. The number of methoxy groups -OCH3 is 2. The molecule has 0 radical (unpaired) electrons. The molecular formula is C46H34N4O7. The number of ether oxygens (including phenoxy) is 3. The van der Waals surface area contributed by atoms with E-state index in [1.54, 1.807) is 62.8 Å². The minimum Gasteiger partial charge on any atom is -0.497 e. The summed E-state index contributed by atoms with van der Waals surface area (Å²) in [4.78, 5) is 33.5. The third kappa shape index (κ3) is 8.09. The van der Waals surface area contributed by atoms with Crippen molar-refractivity contribution in [2.45, 2.75) is 0 Å². The normalized spacial score (nSPS) is 13.4. The maximum Gasteiger partial charge on any atom is 0.343 e. The summed E-state index contributed by atoms with van der Waals surface area (Å²) in [5.74, 6) is 1.93. The van der Waals surface area contributed by atoms with Gasteiger partial charge in [0.05, 0.1) is 38.0 Å². The first kappa shape index (κ1) is 37.3. The Hall–Kier alpha value is -8.02. The number of fused-ring (bicyclic) bond motifs is 2. The van der Waals surface area contributed by atoms with E-state index in [9.17, 15) is 14.9 Å². The third-order valence-corrected chi connectivity index (χ3v) is 9.11. The van der Waals surface area contributed by atoms with Crippen LogP contribution >= 0.6 is 0 Å².